The van der Waals surface area contributed by atoms with Crippen molar-refractivity contribution in [2.45, 2.75) is 25.8 Å². The monoisotopic (exact) mass is 396 g/mol. The molecule has 1 amide bonds. The molecule has 8 heteroatoms. The Labute approximate surface area is 169 Å². The maximum Gasteiger partial charge on any atom is 0.293 e. The first-order chi connectivity index (χ1) is 14.0. The lowest BCUT2D eigenvalue weighted by Gasteiger charge is -2.29. The number of nitrogens with one attached hydrogen (secondary N) is 2. The van der Waals surface area contributed by atoms with Crippen LogP contribution in [0.5, 0.6) is 0 Å². The second kappa shape index (κ2) is 8.08. The highest BCUT2D eigenvalue weighted by Gasteiger charge is 2.25. The van der Waals surface area contributed by atoms with Crippen LogP contribution in [-0.2, 0) is 4.74 Å². The van der Waals surface area contributed by atoms with Gasteiger partial charge in [0, 0.05) is 42.1 Å². The van der Waals surface area contributed by atoms with E-state index in [1.165, 1.54) is 6.07 Å². The van der Waals surface area contributed by atoms with Gasteiger partial charge in [0.2, 0.25) is 0 Å². The molecule has 1 aliphatic carbocycles. The van der Waals surface area contributed by atoms with Gasteiger partial charge in [-0.15, -0.1) is 0 Å². The second-order valence-electron chi connectivity index (χ2n) is 7.46. The van der Waals surface area contributed by atoms with Crippen LogP contribution < -0.4 is 15.5 Å². The zero-order chi connectivity index (χ0) is 20.4. The van der Waals surface area contributed by atoms with Crippen LogP contribution >= 0.6 is 0 Å². The molecule has 0 atom stereocenters. The van der Waals surface area contributed by atoms with Crippen LogP contribution in [0.1, 0.15) is 28.8 Å². The standard InChI is InChI=1S/C21H24N4O4/c1-14-12-17(24-8-10-29-11-9-24)5-7-18(14)23-21(26)15-2-6-19(22-16-3-4-16)20(13-15)25(27)28/h2,5-7,12-13,16,22H,3-4,8-11H2,1H3,(H,23,26). The van der Waals surface area contributed by atoms with Crippen LogP contribution in [0, 0.1) is 17.0 Å². The number of morpholine rings is 1. The van der Waals surface area contributed by atoms with E-state index < -0.39 is 4.92 Å². The second-order valence-corrected chi connectivity index (χ2v) is 7.46. The number of nitrogens with zero attached hydrogens (tertiary/aromatic N) is 2. The largest absolute Gasteiger partial charge is 0.378 e. The van der Waals surface area contributed by atoms with Crippen molar-refractivity contribution in [3.63, 3.8) is 0 Å². The van der Waals surface area contributed by atoms with Crippen LogP contribution in [0.2, 0.25) is 0 Å². The molecule has 1 aliphatic heterocycles. The highest BCUT2D eigenvalue weighted by molar-refractivity contribution is 6.05. The number of anilines is 3. The summed E-state index contributed by atoms with van der Waals surface area (Å²) in [5.41, 5.74) is 3.35. The number of benzene rings is 2. The van der Waals surface area contributed by atoms with E-state index in [1.54, 1.807) is 12.1 Å². The van der Waals surface area contributed by atoms with Crippen LogP contribution in [0.4, 0.5) is 22.7 Å². The number of hydrogen-bond acceptors (Lipinski definition) is 6. The van der Waals surface area contributed by atoms with E-state index in [0.29, 0.717) is 30.6 Å². The normalized spacial score (nSPS) is 16.4. The van der Waals surface area contributed by atoms with E-state index in [1.807, 2.05) is 25.1 Å². The predicted octanol–water partition coefficient (Wildman–Crippen LogP) is 3.57. The molecule has 0 unspecified atom stereocenters. The van der Waals surface area contributed by atoms with Crippen molar-refractivity contribution in [2.75, 3.05) is 41.8 Å². The number of carbonyl (C=O) groups excluding carboxylic acids is 1. The SMILES string of the molecule is Cc1cc(N2CCOCC2)ccc1NC(=O)c1ccc(NC2CC2)c([N+](=O)[O-])c1. The highest BCUT2D eigenvalue weighted by atomic mass is 16.6. The van der Waals surface area contributed by atoms with Gasteiger partial charge in [0.25, 0.3) is 11.6 Å². The molecule has 0 spiro atoms. The van der Waals surface area contributed by atoms with Gasteiger partial charge >= 0.3 is 0 Å². The predicted molar refractivity (Wildman–Crippen MR) is 112 cm³/mol. The lowest BCUT2D eigenvalue weighted by Crippen LogP contribution is -2.36. The van der Waals surface area contributed by atoms with E-state index in [-0.39, 0.29) is 17.2 Å². The van der Waals surface area contributed by atoms with Crippen LogP contribution in [0.15, 0.2) is 36.4 Å². The summed E-state index contributed by atoms with van der Waals surface area (Å²) in [4.78, 5) is 25.9. The van der Waals surface area contributed by atoms with Gasteiger partial charge < -0.3 is 20.3 Å². The van der Waals surface area contributed by atoms with Crippen molar-refractivity contribution in [2.24, 2.45) is 0 Å². The number of carbonyl (C=O) groups is 1. The fourth-order valence-electron chi connectivity index (χ4n) is 3.39. The zero-order valence-electron chi connectivity index (χ0n) is 16.3. The van der Waals surface area contributed by atoms with Crippen molar-refractivity contribution < 1.29 is 14.5 Å². The molecule has 0 aromatic heterocycles. The minimum absolute atomic E-state index is 0.0797. The molecule has 1 saturated heterocycles. The third-order valence-corrected chi connectivity index (χ3v) is 5.23. The van der Waals surface area contributed by atoms with Crippen molar-refractivity contribution in [1.29, 1.82) is 0 Å². The molecule has 152 valence electrons. The third kappa shape index (κ3) is 4.48. The Balaban J connectivity index is 1.49. The van der Waals surface area contributed by atoms with Crippen LogP contribution in [0.3, 0.4) is 0 Å². The molecule has 1 heterocycles. The van der Waals surface area contributed by atoms with Gasteiger partial charge in [0.15, 0.2) is 0 Å². The van der Waals surface area contributed by atoms with E-state index in [4.69, 9.17) is 4.74 Å². The minimum Gasteiger partial charge on any atom is -0.378 e. The summed E-state index contributed by atoms with van der Waals surface area (Å²) in [5, 5.41) is 17.4. The third-order valence-electron chi connectivity index (χ3n) is 5.23. The maximum atomic E-state index is 12.7. The smallest absolute Gasteiger partial charge is 0.293 e. The molecule has 2 fully saturated rings. The number of hydrogen-bond donors (Lipinski definition) is 2. The Morgan fingerprint density at radius 1 is 1.14 bits per heavy atom. The summed E-state index contributed by atoms with van der Waals surface area (Å²) < 4.78 is 5.39. The van der Waals surface area contributed by atoms with E-state index >= 15 is 0 Å². The lowest BCUT2D eigenvalue weighted by molar-refractivity contribution is -0.384. The van der Waals surface area contributed by atoms with Gasteiger partial charge in [-0.1, -0.05) is 0 Å². The van der Waals surface area contributed by atoms with E-state index in [0.717, 1.165) is 37.2 Å². The molecular formula is C21H24N4O4. The van der Waals surface area contributed by atoms with Crippen molar-refractivity contribution >= 4 is 28.7 Å². The Morgan fingerprint density at radius 3 is 2.52 bits per heavy atom. The quantitative estimate of drug-likeness (QED) is 0.572. The first kappa shape index (κ1) is 19.2. The van der Waals surface area contributed by atoms with Crippen molar-refractivity contribution in [1.82, 2.24) is 0 Å². The molecule has 29 heavy (non-hydrogen) atoms. The molecule has 2 aromatic carbocycles. The number of nitro benzene ring substituents is 1. The average molecular weight is 396 g/mol. The van der Waals surface area contributed by atoms with Gasteiger partial charge in [0.05, 0.1) is 18.1 Å². The Kier molecular flexibility index (Phi) is 5.35. The van der Waals surface area contributed by atoms with E-state index in [2.05, 4.69) is 15.5 Å². The number of ether oxygens (including phenoxy) is 1. The van der Waals surface area contributed by atoms with Gasteiger partial charge in [-0.25, -0.2) is 0 Å². The summed E-state index contributed by atoms with van der Waals surface area (Å²) in [7, 11) is 0. The fraction of sp³-hybridized carbons (Fsp3) is 0.381. The Hall–Kier alpha value is -3.13. The first-order valence-electron chi connectivity index (χ1n) is 9.81. The number of aryl methyl sites for hydroxylation is 1. The fourth-order valence-corrected chi connectivity index (χ4v) is 3.39. The lowest BCUT2D eigenvalue weighted by atomic mass is 10.1. The number of nitro groups is 1. The van der Waals surface area contributed by atoms with Crippen molar-refractivity contribution in [3.05, 3.63) is 57.6 Å². The van der Waals surface area contributed by atoms with Gasteiger partial charge in [-0.05, 0) is 55.7 Å². The minimum atomic E-state index is -0.454. The summed E-state index contributed by atoms with van der Waals surface area (Å²) in [6, 6.07) is 10.7. The molecule has 8 nitrogen and oxygen atoms in total. The topological polar surface area (TPSA) is 96.7 Å². The summed E-state index contributed by atoms with van der Waals surface area (Å²) in [6.07, 6.45) is 2.03. The molecule has 2 aliphatic rings. The summed E-state index contributed by atoms with van der Waals surface area (Å²) in [5.74, 6) is -0.367. The van der Waals surface area contributed by atoms with Crippen molar-refractivity contribution in [3.8, 4) is 0 Å². The molecule has 0 radical (unpaired) electrons. The maximum absolute atomic E-state index is 12.7. The van der Waals surface area contributed by atoms with Gasteiger partial charge in [-0.2, -0.15) is 0 Å². The molecule has 2 N–H and O–H groups in total. The Bertz CT molecular complexity index is 936. The molecule has 1 saturated carbocycles. The highest BCUT2D eigenvalue weighted by Crippen LogP contribution is 2.32. The van der Waals surface area contributed by atoms with Crippen LogP contribution in [-0.4, -0.2) is 43.2 Å². The van der Waals surface area contributed by atoms with Gasteiger partial charge in [0.1, 0.15) is 5.69 Å². The first-order valence-corrected chi connectivity index (χ1v) is 9.81. The van der Waals surface area contributed by atoms with Gasteiger partial charge in [-0.3, -0.25) is 14.9 Å². The zero-order valence-corrected chi connectivity index (χ0v) is 16.3. The summed E-state index contributed by atoms with van der Waals surface area (Å²) >= 11 is 0. The van der Waals surface area contributed by atoms with Crippen LogP contribution in [0.25, 0.3) is 0 Å². The Morgan fingerprint density at radius 2 is 1.86 bits per heavy atom. The molecule has 0 bridgehead atoms. The van der Waals surface area contributed by atoms with E-state index in [9.17, 15) is 14.9 Å². The molecule has 2 aromatic rings. The average Bonchev–Trinajstić information content (AvgIpc) is 3.54. The molecular weight excluding hydrogens is 372 g/mol. The molecule has 4 rings (SSSR count). The number of amides is 1. The summed E-state index contributed by atoms with van der Waals surface area (Å²) in [6.45, 7) is 5.04. The number of rotatable bonds is 6.